The van der Waals surface area contributed by atoms with Crippen molar-refractivity contribution in [3.05, 3.63) is 155 Å². The van der Waals surface area contributed by atoms with Crippen LogP contribution in [0.1, 0.15) is 95.9 Å². The molecule has 0 bridgehead atoms. The molecule has 1 heterocycles. The first-order valence-electron chi connectivity index (χ1n) is 19.5. The molecule has 6 rings (SSSR count). The zero-order valence-electron chi connectivity index (χ0n) is 32.3. The summed E-state index contributed by atoms with van der Waals surface area (Å²) in [5.41, 5.74) is -0.260. The third kappa shape index (κ3) is 7.06. The third-order valence-corrected chi connectivity index (χ3v) is 18.3. The maximum atomic E-state index is 14.8. The Bertz CT molecular complexity index is 1630. The normalized spacial score (nSPS) is 18.7. The molecule has 1 aliphatic heterocycles. The van der Waals surface area contributed by atoms with Gasteiger partial charge in [-0.1, -0.05) is 115 Å². The van der Waals surface area contributed by atoms with E-state index in [1.54, 1.807) is 48.5 Å². The summed E-state index contributed by atoms with van der Waals surface area (Å²) in [6, 6.07) is 23.9. The molecule has 3 nitrogen and oxygen atoms in total. The molecule has 286 valence electrons. The van der Waals surface area contributed by atoms with Crippen LogP contribution in [-0.4, -0.2) is 21.5 Å². The van der Waals surface area contributed by atoms with Gasteiger partial charge >= 0.3 is 7.12 Å². The second-order valence-corrected chi connectivity index (χ2v) is 21.5. The van der Waals surface area contributed by atoms with Crippen molar-refractivity contribution in [3.8, 4) is 0 Å². The first-order valence-corrected chi connectivity index (χ1v) is 21.6. The van der Waals surface area contributed by atoms with Crippen LogP contribution >= 0.6 is 0 Å². The molecule has 4 aromatic carbocycles. The summed E-state index contributed by atoms with van der Waals surface area (Å²) in [5, 5.41) is 0. The van der Waals surface area contributed by atoms with Gasteiger partial charge in [0.15, 0.2) is 0 Å². The fourth-order valence-electron chi connectivity index (χ4n) is 9.85. The van der Waals surface area contributed by atoms with Crippen LogP contribution in [0.25, 0.3) is 0 Å². The highest BCUT2D eigenvalue weighted by molar-refractivity contribution is 6.77. The highest BCUT2D eigenvalue weighted by Gasteiger charge is 2.68. The van der Waals surface area contributed by atoms with Crippen LogP contribution in [0.5, 0.6) is 0 Å². The van der Waals surface area contributed by atoms with E-state index < -0.39 is 55.7 Å². The smallest absolute Gasteiger partial charge is 0.413 e. The van der Waals surface area contributed by atoms with Crippen LogP contribution in [0, 0.1) is 29.2 Å². The molecule has 9 heteroatoms. The molecular weight excluding hydrogens is 703 g/mol. The summed E-state index contributed by atoms with van der Waals surface area (Å²) in [7, 11) is -3.50. The monoisotopic (exact) mass is 756 g/mol. The fraction of sp³-hybridized carbons (Fsp3) is 0.422. The fourth-order valence-corrected chi connectivity index (χ4v) is 15.5. The van der Waals surface area contributed by atoms with Crippen LogP contribution in [0.2, 0.25) is 22.4 Å². The lowest BCUT2D eigenvalue weighted by Gasteiger charge is -2.48. The Kier molecular flexibility index (Phi) is 12.1. The number of benzene rings is 4. The molecule has 0 radical (unpaired) electrons. The predicted molar refractivity (Wildman–Crippen MR) is 212 cm³/mol. The van der Waals surface area contributed by atoms with Gasteiger partial charge in [-0.15, -0.1) is 6.58 Å². The highest BCUT2D eigenvalue weighted by Crippen LogP contribution is 2.61. The van der Waals surface area contributed by atoms with Gasteiger partial charge in [0.05, 0.1) is 6.10 Å². The molecule has 0 N–H and O–H groups in total. The zero-order chi connectivity index (χ0) is 38.8. The van der Waals surface area contributed by atoms with Crippen LogP contribution in [0.15, 0.2) is 110 Å². The summed E-state index contributed by atoms with van der Waals surface area (Å²) in [5.74, 6) is -2.11. The number of hydrogen-bond donors (Lipinski definition) is 0. The maximum absolute atomic E-state index is 14.8. The van der Waals surface area contributed by atoms with Crippen LogP contribution in [-0.2, 0) is 24.9 Å². The maximum Gasteiger partial charge on any atom is 0.468 e. The van der Waals surface area contributed by atoms with Crippen LogP contribution in [0.4, 0.5) is 17.6 Å². The van der Waals surface area contributed by atoms with Crippen LogP contribution < -0.4 is 0 Å². The average molecular weight is 757 g/mol. The first kappa shape index (κ1) is 40.2. The van der Waals surface area contributed by atoms with Crippen molar-refractivity contribution in [3.63, 3.8) is 0 Å². The van der Waals surface area contributed by atoms with Crippen molar-refractivity contribution in [1.82, 2.24) is 0 Å². The summed E-state index contributed by atoms with van der Waals surface area (Å²) >= 11 is 0. The number of hydrogen-bond acceptors (Lipinski definition) is 3. The highest BCUT2D eigenvalue weighted by atomic mass is 28.4. The lowest BCUT2D eigenvalue weighted by Crippen LogP contribution is -2.54. The molecular formula is C45H53BF4O3Si. The van der Waals surface area contributed by atoms with E-state index in [4.69, 9.17) is 13.7 Å². The Labute approximate surface area is 320 Å². The number of rotatable bonds is 13. The second-order valence-electron chi connectivity index (χ2n) is 16.1. The molecule has 4 aromatic rings. The van der Waals surface area contributed by atoms with Gasteiger partial charge in [-0.25, -0.2) is 17.6 Å². The van der Waals surface area contributed by atoms with Gasteiger partial charge in [-0.05, 0) is 106 Å². The SMILES string of the molecule is C=C[C@@H](B1OC(c2ccc(F)cc2)(c2ccc(F)cc2)C(c2ccc(F)cc2)(c2ccc(F)cc2)O1)[C@@H](O[Si](C(C)C)(C(C)C)C(C)C)C1CCCCC1. The minimum atomic E-state index is -2.48. The van der Waals surface area contributed by atoms with E-state index in [-0.39, 0.29) is 12.0 Å². The van der Waals surface area contributed by atoms with E-state index in [1.165, 1.54) is 48.5 Å². The Morgan fingerprint density at radius 1 is 0.593 bits per heavy atom. The Hall–Kier alpha value is -3.50. The minimum absolute atomic E-state index is 0.203. The van der Waals surface area contributed by atoms with Crippen LogP contribution in [0.3, 0.4) is 0 Å². The van der Waals surface area contributed by atoms with Gasteiger partial charge in [0.2, 0.25) is 8.32 Å². The van der Waals surface area contributed by atoms with Crippen molar-refractivity contribution in [1.29, 1.82) is 0 Å². The molecule has 2 fully saturated rings. The summed E-state index contributed by atoms with van der Waals surface area (Å²) in [4.78, 5) is 0. The van der Waals surface area contributed by atoms with Crippen molar-refractivity contribution >= 4 is 15.4 Å². The lowest BCUT2D eigenvalue weighted by atomic mass is 9.64. The predicted octanol–water partition coefficient (Wildman–Crippen LogP) is 12.7. The van der Waals surface area contributed by atoms with Gasteiger partial charge < -0.3 is 13.7 Å². The van der Waals surface area contributed by atoms with Gasteiger partial charge in [0, 0.05) is 5.82 Å². The summed E-state index contributed by atoms with van der Waals surface area (Å²) < 4.78 is 81.9. The third-order valence-electron chi connectivity index (χ3n) is 12.2. The molecule has 54 heavy (non-hydrogen) atoms. The summed E-state index contributed by atoms with van der Waals surface area (Å²) in [6.07, 6.45) is 6.88. The van der Waals surface area contributed by atoms with E-state index in [9.17, 15) is 17.6 Å². The van der Waals surface area contributed by atoms with Gasteiger partial charge in [-0.2, -0.15) is 0 Å². The molecule has 0 unspecified atom stereocenters. The topological polar surface area (TPSA) is 27.7 Å². The first-order chi connectivity index (χ1) is 25.8. The van der Waals surface area contributed by atoms with E-state index >= 15 is 0 Å². The molecule has 2 atom stereocenters. The van der Waals surface area contributed by atoms with Crippen molar-refractivity contribution in [2.45, 2.75) is 113 Å². The quantitative estimate of drug-likeness (QED) is 0.0772. The average Bonchev–Trinajstić information content (AvgIpc) is 3.51. The largest absolute Gasteiger partial charge is 0.468 e. The Morgan fingerprint density at radius 2 is 0.907 bits per heavy atom. The minimum Gasteiger partial charge on any atom is -0.413 e. The van der Waals surface area contributed by atoms with E-state index in [0.717, 1.165) is 32.1 Å². The van der Waals surface area contributed by atoms with E-state index in [0.29, 0.717) is 38.9 Å². The molecule has 1 saturated heterocycles. The van der Waals surface area contributed by atoms with Crippen molar-refractivity contribution < 1.29 is 31.3 Å². The molecule has 2 aliphatic rings. The number of halogens is 4. The van der Waals surface area contributed by atoms with Gasteiger partial charge in [-0.3, -0.25) is 0 Å². The molecule has 1 saturated carbocycles. The lowest BCUT2D eigenvalue weighted by molar-refractivity contribution is 0.00351. The van der Waals surface area contributed by atoms with Gasteiger partial charge in [0.1, 0.15) is 34.5 Å². The second kappa shape index (κ2) is 16.3. The Balaban J connectivity index is 1.67. The van der Waals surface area contributed by atoms with Gasteiger partial charge in [0.25, 0.3) is 0 Å². The van der Waals surface area contributed by atoms with E-state index in [2.05, 4.69) is 48.1 Å². The Morgan fingerprint density at radius 3 is 1.19 bits per heavy atom. The van der Waals surface area contributed by atoms with Crippen molar-refractivity contribution in [2.24, 2.45) is 5.92 Å². The summed E-state index contributed by atoms with van der Waals surface area (Å²) in [6.45, 7) is 18.0. The molecule has 0 aromatic heterocycles. The standard InChI is InChI=1S/C45H53BF4O3Si/c1-8-42(43(33-12-10-9-11-13-33)51-54(30(2)3,31(4)5)32(6)7)46-52-44(34-14-22-38(47)23-15-34,35-16-24-39(48)25-17-35)45(53-46,36-18-26-40(49)27-19-36)37-20-28-41(50)29-21-37/h8,14-33,42-43H,1,9-13H2,2-7H3/t42-,43+/m1/s1. The molecule has 1 aliphatic carbocycles. The molecule has 0 amide bonds. The zero-order valence-corrected chi connectivity index (χ0v) is 33.3. The molecule has 0 spiro atoms. The van der Waals surface area contributed by atoms with E-state index in [1.807, 2.05) is 6.08 Å². The van der Waals surface area contributed by atoms with Crippen molar-refractivity contribution in [2.75, 3.05) is 0 Å².